The van der Waals surface area contributed by atoms with E-state index in [-0.39, 0.29) is 0 Å². The van der Waals surface area contributed by atoms with Crippen LogP contribution in [0.4, 0.5) is 0 Å². The number of thiol groups is 1. The molecule has 84 valence electrons. The molecule has 0 heterocycles. The second-order valence-corrected chi connectivity index (χ2v) is 4.27. The van der Waals surface area contributed by atoms with Crippen LogP contribution in [0.2, 0.25) is 0 Å². The molecule has 0 N–H and O–H groups in total. The van der Waals surface area contributed by atoms with Gasteiger partial charge >= 0.3 is 0 Å². The lowest BCUT2D eigenvalue weighted by atomic mass is 10.1. The Morgan fingerprint density at radius 1 is 0.824 bits per heavy atom. The molecule has 0 aliphatic carbocycles. The molecule has 1 heteroatoms. The van der Waals surface area contributed by atoms with Crippen LogP contribution in [0, 0.1) is 0 Å². The predicted molar refractivity (Wildman–Crippen MR) is 78.9 cm³/mol. The number of hydrogen-bond acceptors (Lipinski definition) is 1. The average Bonchev–Trinajstić information content (AvgIpc) is 2.40. The third-order valence-corrected chi connectivity index (χ3v) is 2.91. The third kappa shape index (κ3) is 3.11. The highest BCUT2D eigenvalue weighted by molar-refractivity contribution is 7.90. The van der Waals surface area contributed by atoms with Gasteiger partial charge in [0.2, 0.25) is 0 Å². The fourth-order valence-corrected chi connectivity index (χ4v) is 1.90. The fourth-order valence-electron chi connectivity index (χ4n) is 1.59. The van der Waals surface area contributed by atoms with Crippen LogP contribution >= 0.6 is 12.6 Å². The zero-order chi connectivity index (χ0) is 12.1. The van der Waals surface area contributed by atoms with E-state index in [2.05, 4.69) is 19.2 Å². The lowest BCUT2D eigenvalue weighted by Gasteiger charge is -2.03. The second kappa shape index (κ2) is 5.55. The zero-order valence-electron chi connectivity index (χ0n) is 9.51. The minimum absolute atomic E-state index is 0.930. The molecule has 0 amide bonds. The van der Waals surface area contributed by atoms with Crippen LogP contribution in [0.3, 0.4) is 0 Å². The Kier molecular flexibility index (Phi) is 3.84. The minimum atomic E-state index is 0.930. The molecule has 0 unspecified atom stereocenters. The summed E-state index contributed by atoms with van der Waals surface area (Å²) in [6.45, 7) is 4.07. The topological polar surface area (TPSA) is 0 Å². The summed E-state index contributed by atoms with van der Waals surface area (Å²) >= 11 is 4.51. The Bertz CT molecular complexity index is 524. The fraction of sp³-hybridized carbons (Fsp3) is 0. The molecular weight excluding hydrogens is 224 g/mol. The van der Waals surface area contributed by atoms with Gasteiger partial charge in [0.15, 0.2) is 0 Å². The van der Waals surface area contributed by atoms with Crippen molar-refractivity contribution in [3.05, 3.63) is 84.4 Å². The van der Waals surface area contributed by atoms with E-state index in [0.717, 1.165) is 21.6 Å². The highest BCUT2D eigenvalue weighted by Gasteiger charge is 1.98. The molecule has 0 aliphatic rings. The Morgan fingerprint density at radius 3 is 1.82 bits per heavy atom. The van der Waals surface area contributed by atoms with E-state index >= 15 is 0 Å². The highest BCUT2D eigenvalue weighted by atomic mass is 32.1. The summed E-state index contributed by atoms with van der Waals surface area (Å²) in [6, 6.07) is 20.2. The maximum Gasteiger partial charge on any atom is 0.0118 e. The summed E-state index contributed by atoms with van der Waals surface area (Å²) in [5, 5.41) is 0. The van der Waals surface area contributed by atoms with E-state index < -0.39 is 0 Å². The smallest absolute Gasteiger partial charge is 0.0118 e. The minimum Gasteiger partial charge on any atom is -0.143 e. The zero-order valence-corrected chi connectivity index (χ0v) is 10.4. The van der Waals surface area contributed by atoms with Gasteiger partial charge in [-0.3, -0.25) is 0 Å². The number of hydrogen-bond donors (Lipinski definition) is 1. The van der Waals surface area contributed by atoms with Gasteiger partial charge in [0, 0.05) is 4.91 Å². The quantitative estimate of drug-likeness (QED) is 0.583. The van der Waals surface area contributed by atoms with Crippen LogP contribution in [0.5, 0.6) is 0 Å². The molecule has 0 saturated carbocycles. The molecular formula is C16H14S. The average molecular weight is 238 g/mol. The standard InChI is InChI=1S/C16H14S/c1-13(14-8-4-2-5-9-14)12-16(17)15-10-6-3-7-11-15/h2-12,17H,1H2/b16-12-. The monoisotopic (exact) mass is 238 g/mol. The van der Waals surface area contributed by atoms with Gasteiger partial charge in [-0.2, -0.15) is 0 Å². The summed E-state index contributed by atoms with van der Waals surface area (Å²) < 4.78 is 0. The van der Waals surface area contributed by atoms with Crippen molar-refractivity contribution in [2.75, 3.05) is 0 Å². The maximum absolute atomic E-state index is 4.51. The first-order valence-electron chi connectivity index (χ1n) is 5.48. The van der Waals surface area contributed by atoms with Crippen molar-refractivity contribution >= 4 is 23.1 Å². The first-order valence-corrected chi connectivity index (χ1v) is 5.92. The van der Waals surface area contributed by atoms with Gasteiger partial charge in [0.1, 0.15) is 0 Å². The molecule has 0 aromatic heterocycles. The van der Waals surface area contributed by atoms with Crippen molar-refractivity contribution in [2.24, 2.45) is 0 Å². The van der Waals surface area contributed by atoms with E-state index in [9.17, 15) is 0 Å². The van der Waals surface area contributed by atoms with E-state index in [4.69, 9.17) is 0 Å². The molecule has 0 bridgehead atoms. The van der Waals surface area contributed by atoms with Crippen molar-refractivity contribution in [3.8, 4) is 0 Å². The van der Waals surface area contributed by atoms with Gasteiger partial charge in [0.05, 0.1) is 0 Å². The van der Waals surface area contributed by atoms with Crippen molar-refractivity contribution < 1.29 is 0 Å². The normalized spacial score (nSPS) is 11.2. The van der Waals surface area contributed by atoms with Gasteiger partial charge in [-0.05, 0) is 22.8 Å². The van der Waals surface area contributed by atoms with Gasteiger partial charge in [-0.25, -0.2) is 0 Å². The highest BCUT2D eigenvalue weighted by Crippen LogP contribution is 2.23. The van der Waals surface area contributed by atoms with Gasteiger partial charge in [-0.15, -0.1) is 12.6 Å². The molecule has 2 aromatic rings. The second-order valence-electron chi connectivity index (χ2n) is 3.79. The van der Waals surface area contributed by atoms with Crippen LogP contribution in [-0.4, -0.2) is 0 Å². The Labute approximate surface area is 108 Å². The van der Waals surface area contributed by atoms with Crippen LogP contribution < -0.4 is 0 Å². The number of benzene rings is 2. The largest absolute Gasteiger partial charge is 0.143 e. The first-order chi connectivity index (χ1) is 8.27. The van der Waals surface area contributed by atoms with Crippen LogP contribution in [0.15, 0.2) is 73.3 Å². The van der Waals surface area contributed by atoms with Crippen LogP contribution in [-0.2, 0) is 0 Å². The molecule has 0 nitrogen and oxygen atoms in total. The molecule has 2 aromatic carbocycles. The Morgan fingerprint density at radius 2 is 1.29 bits per heavy atom. The van der Waals surface area contributed by atoms with Crippen LogP contribution in [0.25, 0.3) is 10.5 Å². The Hall–Kier alpha value is -1.73. The van der Waals surface area contributed by atoms with E-state index in [1.54, 1.807) is 0 Å². The molecule has 0 radical (unpaired) electrons. The molecule has 17 heavy (non-hydrogen) atoms. The summed E-state index contributed by atoms with van der Waals surface area (Å²) in [5.41, 5.74) is 3.20. The van der Waals surface area contributed by atoms with Crippen molar-refractivity contribution in [3.63, 3.8) is 0 Å². The lowest BCUT2D eigenvalue weighted by molar-refractivity contribution is 1.62. The van der Waals surface area contributed by atoms with Crippen LogP contribution in [0.1, 0.15) is 11.1 Å². The summed E-state index contributed by atoms with van der Waals surface area (Å²) in [5.74, 6) is 0. The van der Waals surface area contributed by atoms with Crippen molar-refractivity contribution in [2.45, 2.75) is 0 Å². The number of allylic oxidation sites excluding steroid dienone is 2. The molecule has 0 atom stereocenters. The summed E-state index contributed by atoms with van der Waals surface area (Å²) in [4.78, 5) is 0.930. The summed E-state index contributed by atoms with van der Waals surface area (Å²) in [7, 11) is 0. The molecule has 0 fully saturated rings. The van der Waals surface area contributed by atoms with Gasteiger partial charge in [0.25, 0.3) is 0 Å². The van der Waals surface area contributed by atoms with Gasteiger partial charge in [-0.1, -0.05) is 67.2 Å². The van der Waals surface area contributed by atoms with E-state index in [0.29, 0.717) is 0 Å². The molecule has 0 aliphatic heterocycles. The lowest BCUT2D eigenvalue weighted by Crippen LogP contribution is -1.80. The molecule has 0 saturated heterocycles. The maximum atomic E-state index is 4.51. The summed E-state index contributed by atoms with van der Waals surface area (Å²) in [6.07, 6.45) is 1.99. The van der Waals surface area contributed by atoms with Crippen molar-refractivity contribution in [1.29, 1.82) is 0 Å². The van der Waals surface area contributed by atoms with E-state index in [1.165, 1.54) is 0 Å². The first kappa shape index (κ1) is 11.7. The predicted octanol–water partition coefficient (Wildman–Crippen LogP) is 4.67. The number of rotatable bonds is 3. The third-order valence-electron chi connectivity index (χ3n) is 2.53. The van der Waals surface area contributed by atoms with E-state index in [1.807, 2.05) is 66.7 Å². The van der Waals surface area contributed by atoms with Crippen molar-refractivity contribution in [1.82, 2.24) is 0 Å². The molecule has 2 rings (SSSR count). The SMILES string of the molecule is C=C(/C=C(\S)c1ccccc1)c1ccccc1. The molecule has 0 spiro atoms. The Balaban J connectivity index is 2.24. The van der Waals surface area contributed by atoms with Gasteiger partial charge < -0.3 is 0 Å².